The van der Waals surface area contributed by atoms with Crippen molar-refractivity contribution in [1.82, 2.24) is 0 Å². The Bertz CT molecular complexity index is 1010. The Morgan fingerprint density at radius 1 is 0.292 bits per heavy atom. The molecule has 0 aromatic heterocycles. The number of unbranched alkanes of at least 4 members (excludes halogenated alkanes) is 41. The average molecular weight is 918 g/mol. The maximum atomic E-state index is 12.8. The summed E-state index contributed by atoms with van der Waals surface area (Å²) in [6, 6.07) is 0. The van der Waals surface area contributed by atoms with Gasteiger partial charge in [0.25, 0.3) is 0 Å². The van der Waals surface area contributed by atoms with Crippen LogP contribution in [0.15, 0.2) is 12.2 Å². The van der Waals surface area contributed by atoms with Gasteiger partial charge in [-0.05, 0) is 38.5 Å². The van der Waals surface area contributed by atoms with E-state index in [1.165, 1.54) is 225 Å². The van der Waals surface area contributed by atoms with Crippen LogP contribution in [0.4, 0.5) is 0 Å². The molecule has 0 rings (SSSR count). The van der Waals surface area contributed by atoms with Gasteiger partial charge in [-0.3, -0.25) is 14.4 Å². The van der Waals surface area contributed by atoms with Gasteiger partial charge >= 0.3 is 17.9 Å². The van der Waals surface area contributed by atoms with Crippen molar-refractivity contribution in [2.45, 2.75) is 335 Å². The maximum absolute atomic E-state index is 12.8. The summed E-state index contributed by atoms with van der Waals surface area (Å²) in [6.07, 6.45) is 62.1. The highest BCUT2D eigenvalue weighted by Gasteiger charge is 2.19. The second-order valence-electron chi connectivity index (χ2n) is 19.9. The Balaban J connectivity index is 4.24. The zero-order chi connectivity index (χ0) is 47.2. The van der Waals surface area contributed by atoms with E-state index in [0.717, 1.165) is 64.2 Å². The number of carbonyl (C=O) groups is 3. The Morgan fingerprint density at radius 2 is 0.523 bits per heavy atom. The molecular weight excluding hydrogens is 805 g/mol. The van der Waals surface area contributed by atoms with Crippen molar-refractivity contribution in [3.8, 4) is 0 Å². The van der Waals surface area contributed by atoms with Gasteiger partial charge in [0.2, 0.25) is 0 Å². The van der Waals surface area contributed by atoms with E-state index in [1.807, 2.05) is 0 Å². The summed E-state index contributed by atoms with van der Waals surface area (Å²) in [5.41, 5.74) is 0. The van der Waals surface area contributed by atoms with Crippen LogP contribution < -0.4 is 0 Å². The lowest BCUT2D eigenvalue weighted by atomic mass is 10.0. The number of rotatable bonds is 54. The van der Waals surface area contributed by atoms with E-state index in [-0.39, 0.29) is 31.1 Å². The van der Waals surface area contributed by atoms with Crippen LogP contribution >= 0.6 is 0 Å². The van der Waals surface area contributed by atoms with Crippen LogP contribution in [0.5, 0.6) is 0 Å². The minimum Gasteiger partial charge on any atom is -0.462 e. The molecule has 0 radical (unpaired) electrons. The zero-order valence-electron chi connectivity index (χ0n) is 44.0. The van der Waals surface area contributed by atoms with Crippen molar-refractivity contribution in [2.24, 2.45) is 0 Å². The lowest BCUT2D eigenvalue weighted by molar-refractivity contribution is -0.167. The zero-order valence-corrected chi connectivity index (χ0v) is 44.0. The topological polar surface area (TPSA) is 78.9 Å². The third-order valence-corrected chi connectivity index (χ3v) is 13.3. The van der Waals surface area contributed by atoms with Crippen molar-refractivity contribution in [3.63, 3.8) is 0 Å². The predicted octanol–water partition coefficient (Wildman–Crippen LogP) is 19.3. The van der Waals surface area contributed by atoms with Gasteiger partial charge in [-0.25, -0.2) is 0 Å². The van der Waals surface area contributed by atoms with Crippen LogP contribution in [0.3, 0.4) is 0 Å². The first kappa shape index (κ1) is 63.1. The summed E-state index contributed by atoms with van der Waals surface area (Å²) in [5.74, 6) is -0.853. The Hall–Kier alpha value is -1.85. The molecule has 0 aliphatic carbocycles. The van der Waals surface area contributed by atoms with Gasteiger partial charge < -0.3 is 14.2 Å². The van der Waals surface area contributed by atoms with Crippen LogP contribution in [0.25, 0.3) is 0 Å². The van der Waals surface area contributed by atoms with Gasteiger partial charge in [-0.1, -0.05) is 283 Å². The Labute approximate surface area is 405 Å². The molecule has 0 heterocycles. The lowest BCUT2D eigenvalue weighted by Gasteiger charge is -2.18. The molecule has 0 saturated heterocycles. The van der Waals surface area contributed by atoms with Crippen LogP contribution in [0.2, 0.25) is 0 Å². The van der Waals surface area contributed by atoms with Gasteiger partial charge in [-0.2, -0.15) is 0 Å². The van der Waals surface area contributed by atoms with Crippen LogP contribution in [-0.4, -0.2) is 37.2 Å². The third kappa shape index (κ3) is 53.0. The Kier molecular flexibility index (Phi) is 53.2. The van der Waals surface area contributed by atoms with Gasteiger partial charge in [0.15, 0.2) is 6.10 Å². The molecule has 384 valence electrons. The minimum atomic E-state index is -0.767. The standard InChI is InChI=1S/C59H112O6/c1-4-7-10-13-16-19-22-24-26-28-29-30-31-33-34-37-40-43-46-49-52-58(61)64-55-56(54-63-57(60)51-48-45-42-39-36-21-18-15-12-9-6-3)65-59(62)53-50-47-44-41-38-35-32-27-25-23-20-17-14-11-8-5-2/h15,18,56H,4-14,16-17,19-55H2,1-3H3/b18-15-. The van der Waals surface area contributed by atoms with Crippen LogP contribution in [0.1, 0.15) is 329 Å². The highest BCUT2D eigenvalue weighted by Crippen LogP contribution is 2.17. The largest absolute Gasteiger partial charge is 0.462 e. The molecule has 0 bridgehead atoms. The molecular formula is C59H112O6. The van der Waals surface area contributed by atoms with E-state index >= 15 is 0 Å². The summed E-state index contributed by atoms with van der Waals surface area (Å²) in [4.78, 5) is 38.1. The molecule has 0 fully saturated rings. The smallest absolute Gasteiger partial charge is 0.306 e. The number of ether oxygens (including phenoxy) is 3. The number of carbonyl (C=O) groups excluding carboxylic acids is 3. The fourth-order valence-electron chi connectivity index (χ4n) is 8.84. The summed E-state index contributed by atoms with van der Waals surface area (Å²) in [7, 11) is 0. The van der Waals surface area contributed by atoms with E-state index < -0.39 is 6.10 Å². The molecule has 0 aliphatic rings. The van der Waals surface area contributed by atoms with Gasteiger partial charge in [0.1, 0.15) is 13.2 Å². The molecule has 65 heavy (non-hydrogen) atoms. The summed E-state index contributed by atoms with van der Waals surface area (Å²) in [5, 5.41) is 0. The first-order chi connectivity index (χ1) is 32.0. The summed E-state index contributed by atoms with van der Waals surface area (Å²) < 4.78 is 16.9. The molecule has 6 nitrogen and oxygen atoms in total. The molecule has 0 amide bonds. The van der Waals surface area contributed by atoms with Crippen LogP contribution in [-0.2, 0) is 28.6 Å². The van der Waals surface area contributed by atoms with Crippen molar-refractivity contribution in [1.29, 1.82) is 0 Å². The van der Waals surface area contributed by atoms with Crippen molar-refractivity contribution in [3.05, 3.63) is 12.2 Å². The van der Waals surface area contributed by atoms with E-state index in [0.29, 0.717) is 19.3 Å². The SMILES string of the molecule is CCCC/C=C\CCCCCCCC(=O)OCC(COC(=O)CCCCCCCCCCCCCCCCCCCCCC)OC(=O)CCCCCCCCCCCCCCCCCC. The second-order valence-corrected chi connectivity index (χ2v) is 19.9. The predicted molar refractivity (Wildman–Crippen MR) is 280 cm³/mol. The molecule has 1 unspecified atom stereocenters. The third-order valence-electron chi connectivity index (χ3n) is 13.3. The van der Waals surface area contributed by atoms with Gasteiger partial charge in [0, 0.05) is 19.3 Å². The number of hydrogen-bond acceptors (Lipinski definition) is 6. The van der Waals surface area contributed by atoms with E-state index in [9.17, 15) is 14.4 Å². The minimum absolute atomic E-state index is 0.0666. The highest BCUT2D eigenvalue weighted by molar-refractivity contribution is 5.71. The molecule has 0 aliphatic heterocycles. The van der Waals surface area contributed by atoms with E-state index in [4.69, 9.17) is 14.2 Å². The molecule has 0 spiro atoms. The van der Waals surface area contributed by atoms with Crippen molar-refractivity contribution < 1.29 is 28.6 Å². The second kappa shape index (κ2) is 54.8. The molecule has 0 aromatic rings. The van der Waals surface area contributed by atoms with Crippen molar-refractivity contribution in [2.75, 3.05) is 13.2 Å². The summed E-state index contributed by atoms with van der Waals surface area (Å²) in [6.45, 7) is 6.65. The van der Waals surface area contributed by atoms with Crippen molar-refractivity contribution >= 4 is 17.9 Å². The Morgan fingerprint density at radius 3 is 0.815 bits per heavy atom. The quantitative estimate of drug-likeness (QED) is 0.0262. The fraction of sp³-hybridized carbons (Fsp3) is 0.915. The van der Waals surface area contributed by atoms with Gasteiger partial charge in [-0.15, -0.1) is 0 Å². The average Bonchev–Trinajstić information content (AvgIpc) is 3.30. The monoisotopic (exact) mass is 917 g/mol. The van der Waals surface area contributed by atoms with Gasteiger partial charge in [0.05, 0.1) is 0 Å². The van der Waals surface area contributed by atoms with E-state index in [2.05, 4.69) is 32.9 Å². The molecule has 0 N–H and O–H groups in total. The maximum Gasteiger partial charge on any atom is 0.306 e. The first-order valence-electron chi connectivity index (χ1n) is 29.2. The van der Waals surface area contributed by atoms with Crippen LogP contribution in [0, 0.1) is 0 Å². The number of hydrogen-bond donors (Lipinski definition) is 0. The fourth-order valence-corrected chi connectivity index (χ4v) is 8.84. The van der Waals surface area contributed by atoms with E-state index in [1.54, 1.807) is 0 Å². The normalized spacial score (nSPS) is 12.0. The molecule has 1 atom stereocenters. The molecule has 6 heteroatoms. The molecule has 0 saturated carbocycles. The highest BCUT2D eigenvalue weighted by atomic mass is 16.6. The first-order valence-corrected chi connectivity index (χ1v) is 29.2. The summed E-state index contributed by atoms with van der Waals surface area (Å²) >= 11 is 0. The lowest BCUT2D eigenvalue weighted by Crippen LogP contribution is -2.30. The number of esters is 3. The molecule has 0 aromatic carbocycles. The number of allylic oxidation sites excluding steroid dienone is 2.